The summed E-state index contributed by atoms with van der Waals surface area (Å²) >= 11 is 4.74. The maximum Gasteiger partial charge on any atom is 0.242 e. The predicted octanol–water partition coefficient (Wildman–Crippen LogP) is 2.71. The fourth-order valence-electron chi connectivity index (χ4n) is 1.45. The Bertz CT molecular complexity index is 700. The van der Waals surface area contributed by atoms with Crippen LogP contribution in [0.4, 0.5) is 10.1 Å². The predicted molar refractivity (Wildman–Crippen MR) is 76.9 cm³/mol. The first-order valence-corrected chi connectivity index (χ1v) is 8.32. The van der Waals surface area contributed by atoms with Crippen LogP contribution in [0.5, 0.6) is 0 Å². The minimum atomic E-state index is -3.76. The van der Waals surface area contributed by atoms with Crippen molar-refractivity contribution in [2.75, 3.05) is 5.73 Å². The Balaban J connectivity index is 2.21. The maximum atomic E-state index is 12.9. The van der Waals surface area contributed by atoms with Crippen LogP contribution in [0.3, 0.4) is 0 Å². The van der Waals surface area contributed by atoms with E-state index in [2.05, 4.69) is 20.7 Å². The zero-order chi connectivity index (χ0) is 14.0. The molecule has 0 amide bonds. The van der Waals surface area contributed by atoms with Gasteiger partial charge in [-0.05, 0) is 45.6 Å². The molecule has 2 rings (SSSR count). The molecule has 8 heteroatoms. The Morgan fingerprint density at radius 3 is 2.68 bits per heavy atom. The number of nitrogens with two attached hydrogens (primary N) is 1. The molecule has 0 aliphatic rings. The summed E-state index contributed by atoms with van der Waals surface area (Å²) in [6.45, 7) is 0.150. The minimum Gasteiger partial charge on any atom is -0.398 e. The van der Waals surface area contributed by atoms with E-state index in [0.717, 1.165) is 27.5 Å². The molecule has 0 saturated heterocycles. The Morgan fingerprint density at radius 1 is 1.37 bits per heavy atom. The van der Waals surface area contributed by atoms with Crippen molar-refractivity contribution in [2.24, 2.45) is 0 Å². The van der Waals surface area contributed by atoms with Crippen molar-refractivity contribution >= 4 is 43.0 Å². The van der Waals surface area contributed by atoms with Gasteiger partial charge >= 0.3 is 0 Å². The molecule has 0 atom stereocenters. The number of nitrogen functional groups attached to an aromatic ring is 1. The van der Waals surface area contributed by atoms with Crippen LogP contribution in [0.25, 0.3) is 0 Å². The van der Waals surface area contributed by atoms with Gasteiger partial charge in [0.05, 0.1) is 5.69 Å². The smallest absolute Gasteiger partial charge is 0.242 e. The van der Waals surface area contributed by atoms with E-state index in [9.17, 15) is 12.8 Å². The zero-order valence-electron chi connectivity index (χ0n) is 9.56. The third-order valence-corrected chi connectivity index (χ3v) is 5.78. The molecule has 1 aromatic carbocycles. The molecule has 2 aromatic rings. The fraction of sp³-hybridized carbons (Fsp3) is 0.0909. The van der Waals surface area contributed by atoms with E-state index in [1.165, 1.54) is 11.3 Å². The standard InChI is InChI=1S/C11H10BrFN2O2S2/c12-8-3-4-18-10(8)6-15-19(16,17)11-2-1-7(13)5-9(11)14/h1-5,15H,6,14H2. The molecular formula is C11H10BrFN2O2S2. The molecule has 0 fully saturated rings. The first-order valence-electron chi connectivity index (χ1n) is 5.17. The van der Waals surface area contributed by atoms with E-state index in [1.807, 2.05) is 11.4 Å². The lowest BCUT2D eigenvalue weighted by Gasteiger charge is -2.08. The van der Waals surface area contributed by atoms with E-state index < -0.39 is 15.8 Å². The van der Waals surface area contributed by atoms with Gasteiger partial charge in [0.1, 0.15) is 10.7 Å². The summed E-state index contributed by atoms with van der Waals surface area (Å²) in [6.07, 6.45) is 0. The Morgan fingerprint density at radius 2 is 2.11 bits per heavy atom. The number of hydrogen-bond donors (Lipinski definition) is 2. The van der Waals surface area contributed by atoms with Gasteiger partial charge in [0, 0.05) is 15.9 Å². The average Bonchev–Trinajstić information content (AvgIpc) is 2.72. The summed E-state index contributed by atoms with van der Waals surface area (Å²) in [7, 11) is -3.76. The third kappa shape index (κ3) is 3.33. The van der Waals surface area contributed by atoms with Gasteiger partial charge in [-0.25, -0.2) is 17.5 Å². The van der Waals surface area contributed by atoms with Crippen molar-refractivity contribution in [1.82, 2.24) is 4.72 Å². The van der Waals surface area contributed by atoms with Crippen LogP contribution in [0, 0.1) is 5.82 Å². The topological polar surface area (TPSA) is 72.2 Å². The van der Waals surface area contributed by atoms with Crippen LogP contribution in [-0.2, 0) is 16.6 Å². The average molecular weight is 365 g/mol. The van der Waals surface area contributed by atoms with Gasteiger partial charge in [0.25, 0.3) is 0 Å². The van der Waals surface area contributed by atoms with Crippen molar-refractivity contribution in [2.45, 2.75) is 11.4 Å². The number of rotatable bonds is 4. The summed E-state index contributed by atoms with van der Waals surface area (Å²) in [6, 6.07) is 5.03. The quantitative estimate of drug-likeness (QED) is 0.819. The van der Waals surface area contributed by atoms with E-state index in [0.29, 0.717) is 0 Å². The second-order valence-electron chi connectivity index (χ2n) is 3.70. The van der Waals surface area contributed by atoms with Crippen LogP contribution < -0.4 is 10.5 Å². The first kappa shape index (κ1) is 14.4. The Labute approximate surface area is 122 Å². The van der Waals surface area contributed by atoms with Gasteiger partial charge in [-0.1, -0.05) is 0 Å². The van der Waals surface area contributed by atoms with Crippen LogP contribution in [0.1, 0.15) is 4.88 Å². The van der Waals surface area contributed by atoms with Gasteiger partial charge < -0.3 is 5.73 Å². The van der Waals surface area contributed by atoms with Crippen LogP contribution in [-0.4, -0.2) is 8.42 Å². The molecule has 1 heterocycles. The molecule has 19 heavy (non-hydrogen) atoms. The number of benzene rings is 1. The summed E-state index contributed by atoms with van der Waals surface area (Å²) in [5.74, 6) is -0.572. The highest BCUT2D eigenvalue weighted by atomic mass is 79.9. The minimum absolute atomic E-state index is 0.113. The molecule has 0 radical (unpaired) electrons. The highest BCUT2D eigenvalue weighted by Crippen LogP contribution is 2.24. The second-order valence-corrected chi connectivity index (χ2v) is 7.29. The molecule has 0 bridgehead atoms. The monoisotopic (exact) mass is 364 g/mol. The number of halogens is 2. The number of anilines is 1. The van der Waals surface area contributed by atoms with Crippen molar-refractivity contribution in [3.05, 3.63) is 44.8 Å². The van der Waals surface area contributed by atoms with Crippen LogP contribution in [0.2, 0.25) is 0 Å². The highest BCUT2D eigenvalue weighted by Gasteiger charge is 2.18. The SMILES string of the molecule is Nc1cc(F)ccc1S(=O)(=O)NCc1sccc1Br. The van der Waals surface area contributed by atoms with Crippen LogP contribution >= 0.6 is 27.3 Å². The molecule has 102 valence electrons. The van der Waals surface area contributed by atoms with Crippen molar-refractivity contribution in [3.8, 4) is 0 Å². The normalized spacial score (nSPS) is 11.7. The van der Waals surface area contributed by atoms with E-state index in [-0.39, 0.29) is 17.1 Å². The summed E-state index contributed by atoms with van der Waals surface area (Å²) in [4.78, 5) is 0.728. The molecule has 0 spiro atoms. The fourth-order valence-corrected chi connectivity index (χ4v) is 4.08. The molecule has 0 aliphatic heterocycles. The molecule has 1 aromatic heterocycles. The van der Waals surface area contributed by atoms with Crippen molar-refractivity contribution < 1.29 is 12.8 Å². The van der Waals surface area contributed by atoms with Gasteiger partial charge in [-0.2, -0.15) is 0 Å². The summed E-state index contributed by atoms with van der Waals surface area (Å²) in [5.41, 5.74) is 5.41. The van der Waals surface area contributed by atoms with E-state index in [1.54, 1.807) is 0 Å². The molecule has 0 unspecified atom stereocenters. The number of hydrogen-bond acceptors (Lipinski definition) is 4. The third-order valence-electron chi connectivity index (χ3n) is 2.38. The molecule has 0 aliphatic carbocycles. The second kappa shape index (κ2) is 5.58. The van der Waals surface area contributed by atoms with E-state index >= 15 is 0 Å². The lowest BCUT2D eigenvalue weighted by Crippen LogP contribution is -2.24. The molecule has 0 saturated carbocycles. The summed E-state index contributed by atoms with van der Waals surface area (Å²) in [5, 5.41) is 1.85. The van der Waals surface area contributed by atoms with Crippen molar-refractivity contribution in [1.29, 1.82) is 0 Å². The highest BCUT2D eigenvalue weighted by molar-refractivity contribution is 9.10. The maximum absolute atomic E-state index is 12.9. The van der Waals surface area contributed by atoms with Gasteiger partial charge in [0.2, 0.25) is 10.0 Å². The Hall–Kier alpha value is -0.960. The van der Waals surface area contributed by atoms with Gasteiger partial charge in [0.15, 0.2) is 0 Å². The Kier molecular flexibility index (Phi) is 4.24. The van der Waals surface area contributed by atoms with Gasteiger partial charge in [-0.3, -0.25) is 0 Å². The lowest BCUT2D eigenvalue weighted by molar-refractivity contribution is 0.581. The zero-order valence-corrected chi connectivity index (χ0v) is 12.8. The van der Waals surface area contributed by atoms with E-state index in [4.69, 9.17) is 5.73 Å². The molecular weight excluding hydrogens is 355 g/mol. The number of sulfonamides is 1. The van der Waals surface area contributed by atoms with Crippen molar-refractivity contribution in [3.63, 3.8) is 0 Å². The van der Waals surface area contributed by atoms with Gasteiger partial charge in [-0.15, -0.1) is 11.3 Å². The van der Waals surface area contributed by atoms with Crippen LogP contribution in [0.15, 0.2) is 39.0 Å². The summed E-state index contributed by atoms with van der Waals surface area (Å²) < 4.78 is 40.3. The lowest BCUT2D eigenvalue weighted by atomic mass is 10.3. The molecule has 4 nitrogen and oxygen atoms in total. The number of nitrogens with one attached hydrogen (secondary N) is 1. The number of thiophene rings is 1. The largest absolute Gasteiger partial charge is 0.398 e. The first-order chi connectivity index (χ1) is 8.90. The molecule has 3 N–H and O–H groups in total.